The standard InChI is InChI=1S/C24H28N2O6/c1-3-8-20(21(28)26-24(2,14-27)22(29)30)25-23(31)32-13-19-17-11-6-4-9-15(17)16-10-5-7-12-18(16)19/h4-7,9-12,19-20,27H,3,8,13-14H2,1-2H3,(H,25,31)(H,26,28)(H,29,30). The SMILES string of the molecule is CCCC(NC(=O)OCC1c2ccccc2-c2ccccc21)C(=O)NC(C)(CO)C(=O)O. The summed E-state index contributed by atoms with van der Waals surface area (Å²) in [5.74, 6) is -2.18. The van der Waals surface area contributed by atoms with Crippen LogP contribution in [0.1, 0.15) is 43.7 Å². The molecule has 8 heteroatoms. The van der Waals surface area contributed by atoms with Crippen molar-refractivity contribution in [1.82, 2.24) is 10.6 Å². The fourth-order valence-corrected chi connectivity index (χ4v) is 3.86. The summed E-state index contributed by atoms with van der Waals surface area (Å²) in [5.41, 5.74) is 2.52. The normalized spacial score (nSPS) is 15.1. The van der Waals surface area contributed by atoms with Crippen LogP contribution in [0.2, 0.25) is 0 Å². The number of nitrogens with one attached hydrogen (secondary N) is 2. The molecule has 0 saturated heterocycles. The largest absolute Gasteiger partial charge is 0.479 e. The highest BCUT2D eigenvalue weighted by atomic mass is 16.5. The number of aliphatic carboxylic acids is 1. The second-order valence-electron chi connectivity index (χ2n) is 8.10. The van der Waals surface area contributed by atoms with Crippen LogP contribution in [0, 0.1) is 0 Å². The Balaban J connectivity index is 1.66. The zero-order valence-electron chi connectivity index (χ0n) is 18.1. The van der Waals surface area contributed by atoms with Gasteiger partial charge in [-0.15, -0.1) is 0 Å². The van der Waals surface area contributed by atoms with Crippen molar-refractivity contribution < 1.29 is 29.3 Å². The average Bonchev–Trinajstić information content (AvgIpc) is 3.11. The molecule has 170 valence electrons. The van der Waals surface area contributed by atoms with E-state index in [4.69, 9.17) is 4.74 Å². The van der Waals surface area contributed by atoms with Gasteiger partial charge in [-0.25, -0.2) is 9.59 Å². The number of hydrogen-bond donors (Lipinski definition) is 4. The number of rotatable bonds is 9. The number of carbonyl (C=O) groups excluding carboxylic acids is 2. The number of carboxylic acids is 1. The summed E-state index contributed by atoms with van der Waals surface area (Å²) < 4.78 is 5.47. The van der Waals surface area contributed by atoms with Crippen molar-refractivity contribution in [3.63, 3.8) is 0 Å². The molecule has 0 aromatic heterocycles. The van der Waals surface area contributed by atoms with E-state index in [1.54, 1.807) is 0 Å². The van der Waals surface area contributed by atoms with Gasteiger partial charge in [-0.2, -0.15) is 0 Å². The zero-order valence-corrected chi connectivity index (χ0v) is 18.1. The molecule has 0 heterocycles. The second kappa shape index (κ2) is 9.82. The number of aliphatic hydroxyl groups excluding tert-OH is 1. The Morgan fingerprint density at radius 3 is 2.12 bits per heavy atom. The third-order valence-corrected chi connectivity index (χ3v) is 5.72. The van der Waals surface area contributed by atoms with Gasteiger partial charge in [-0.1, -0.05) is 61.9 Å². The molecule has 0 aliphatic heterocycles. The molecule has 4 N–H and O–H groups in total. The second-order valence-corrected chi connectivity index (χ2v) is 8.10. The van der Waals surface area contributed by atoms with Crippen LogP contribution in [-0.2, 0) is 14.3 Å². The molecule has 0 spiro atoms. The highest BCUT2D eigenvalue weighted by molar-refractivity contribution is 5.91. The predicted octanol–water partition coefficient (Wildman–Crippen LogP) is 2.65. The predicted molar refractivity (Wildman–Crippen MR) is 118 cm³/mol. The monoisotopic (exact) mass is 440 g/mol. The van der Waals surface area contributed by atoms with Gasteiger partial charge in [0.05, 0.1) is 6.61 Å². The number of carboxylic acid groups (broad SMARTS) is 1. The minimum absolute atomic E-state index is 0.101. The molecular weight excluding hydrogens is 412 g/mol. The molecule has 1 aliphatic rings. The van der Waals surface area contributed by atoms with Crippen LogP contribution < -0.4 is 10.6 Å². The molecule has 2 unspecified atom stereocenters. The van der Waals surface area contributed by atoms with Crippen LogP contribution in [0.5, 0.6) is 0 Å². The maximum absolute atomic E-state index is 12.6. The van der Waals surface area contributed by atoms with Gasteiger partial charge < -0.3 is 25.6 Å². The summed E-state index contributed by atoms with van der Waals surface area (Å²) in [6, 6.07) is 14.9. The number of amides is 2. The van der Waals surface area contributed by atoms with Crippen molar-refractivity contribution >= 4 is 18.0 Å². The van der Waals surface area contributed by atoms with Gasteiger partial charge in [0.25, 0.3) is 0 Å². The summed E-state index contributed by atoms with van der Waals surface area (Å²) in [5, 5.41) is 23.4. The van der Waals surface area contributed by atoms with Gasteiger partial charge >= 0.3 is 12.1 Å². The Bertz CT molecular complexity index is 962. The zero-order chi connectivity index (χ0) is 23.3. The van der Waals surface area contributed by atoms with Crippen LogP contribution in [-0.4, -0.2) is 53.0 Å². The summed E-state index contributed by atoms with van der Waals surface area (Å²) in [6.45, 7) is 2.35. The van der Waals surface area contributed by atoms with Crippen molar-refractivity contribution in [1.29, 1.82) is 0 Å². The summed E-state index contributed by atoms with van der Waals surface area (Å²) in [7, 11) is 0. The third-order valence-electron chi connectivity index (χ3n) is 5.72. The minimum atomic E-state index is -1.84. The van der Waals surface area contributed by atoms with Crippen LogP contribution in [0.15, 0.2) is 48.5 Å². The first-order valence-corrected chi connectivity index (χ1v) is 10.6. The molecule has 2 amide bonds. The number of fused-ring (bicyclic) bond motifs is 3. The van der Waals surface area contributed by atoms with E-state index in [9.17, 15) is 24.6 Å². The molecule has 0 fully saturated rings. The lowest BCUT2D eigenvalue weighted by molar-refractivity contribution is -0.149. The summed E-state index contributed by atoms with van der Waals surface area (Å²) in [6.07, 6.45) is 0.100. The molecule has 3 rings (SSSR count). The molecule has 1 aliphatic carbocycles. The number of carbonyl (C=O) groups is 3. The fourth-order valence-electron chi connectivity index (χ4n) is 3.86. The lowest BCUT2D eigenvalue weighted by Gasteiger charge is -2.27. The Morgan fingerprint density at radius 2 is 1.62 bits per heavy atom. The van der Waals surface area contributed by atoms with E-state index < -0.39 is 36.2 Å². The first-order chi connectivity index (χ1) is 15.3. The first-order valence-electron chi connectivity index (χ1n) is 10.6. The highest BCUT2D eigenvalue weighted by Crippen LogP contribution is 2.44. The van der Waals surface area contributed by atoms with E-state index in [1.165, 1.54) is 6.92 Å². The van der Waals surface area contributed by atoms with E-state index in [0.717, 1.165) is 22.3 Å². The minimum Gasteiger partial charge on any atom is -0.479 e. The maximum atomic E-state index is 12.6. The van der Waals surface area contributed by atoms with Crippen LogP contribution in [0.3, 0.4) is 0 Å². The van der Waals surface area contributed by atoms with Crippen molar-refractivity contribution in [2.45, 2.75) is 44.2 Å². The molecule has 2 atom stereocenters. The summed E-state index contributed by atoms with van der Waals surface area (Å²) in [4.78, 5) is 36.4. The van der Waals surface area contributed by atoms with Gasteiger partial charge in [-0.05, 0) is 35.6 Å². The average molecular weight is 440 g/mol. The van der Waals surface area contributed by atoms with E-state index in [0.29, 0.717) is 6.42 Å². The Hall–Kier alpha value is -3.39. The van der Waals surface area contributed by atoms with Gasteiger partial charge in [0.1, 0.15) is 12.6 Å². The molecule has 32 heavy (non-hydrogen) atoms. The van der Waals surface area contributed by atoms with Gasteiger partial charge in [-0.3, -0.25) is 4.79 Å². The van der Waals surface area contributed by atoms with Crippen molar-refractivity contribution in [3.05, 3.63) is 59.7 Å². The smallest absolute Gasteiger partial charge is 0.407 e. The molecule has 0 saturated carbocycles. The van der Waals surface area contributed by atoms with E-state index >= 15 is 0 Å². The molecule has 0 radical (unpaired) electrons. The molecular formula is C24H28N2O6. The van der Waals surface area contributed by atoms with Gasteiger partial charge in [0.15, 0.2) is 5.54 Å². The Morgan fingerprint density at radius 1 is 1.06 bits per heavy atom. The van der Waals surface area contributed by atoms with Gasteiger partial charge in [0, 0.05) is 5.92 Å². The molecule has 0 bridgehead atoms. The van der Waals surface area contributed by atoms with Crippen molar-refractivity contribution in [3.8, 4) is 11.1 Å². The molecule has 2 aromatic carbocycles. The number of alkyl carbamates (subject to hydrolysis) is 1. The number of aliphatic hydroxyl groups is 1. The maximum Gasteiger partial charge on any atom is 0.407 e. The van der Waals surface area contributed by atoms with Crippen LogP contribution in [0.4, 0.5) is 4.79 Å². The number of benzene rings is 2. The topological polar surface area (TPSA) is 125 Å². The third kappa shape index (κ3) is 4.75. The van der Waals surface area contributed by atoms with E-state index in [2.05, 4.69) is 10.6 Å². The highest BCUT2D eigenvalue weighted by Gasteiger charge is 2.36. The lowest BCUT2D eigenvalue weighted by atomic mass is 9.98. The molecule has 8 nitrogen and oxygen atoms in total. The van der Waals surface area contributed by atoms with Crippen molar-refractivity contribution in [2.75, 3.05) is 13.2 Å². The van der Waals surface area contributed by atoms with Crippen molar-refractivity contribution in [2.24, 2.45) is 0 Å². The number of ether oxygens (including phenoxy) is 1. The van der Waals surface area contributed by atoms with Crippen LogP contribution >= 0.6 is 0 Å². The Labute approximate surface area is 186 Å². The molecule has 2 aromatic rings. The lowest BCUT2D eigenvalue weighted by Crippen LogP contribution is -2.59. The quantitative estimate of drug-likeness (QED) is 0.475. The first kappa shape index (κ1) is 23.3. The summed E-state index contributed by atoms with van der Waals surface area (Å²) >= 11 is 0. The van der Waals surface area contributed by atoms with Gasteiger partial charge in [0.2, 0.25) is 5.91 Å². The van der Waals surface area contributed by atoms with E-state index in [-0.39, 0.29) is 18.9 Å². The van der Waals surface area contributed by atoms with Crippen LogP contribution in [0.25, 0.3) is 11.1 Å². The van der Waals surface area contributed by atoms with E-state index in [1.807, 2.05) is 55.5 Å². The Kier molecular flexibility index (Phi) is 7.15. The number of hydrogen-bond acceptors (Lipinski definition) is 5. The fraction of sp³-hybridized carbons (Fsp3) is 0.375.